The van der Waals surface area contributed by atoms with Crippen LogP contribution in [0.1, 0.15) is 45.4 Å². The van der Waals surface area contributed by atoms with E-state index < -0.39 is 0 Å². The Morgan fingerprint density at radius 3 is 2.36 bits per heavy atom. The summed E-state index contributed by atoms with van der Waals surface area (Å²) in [6.45, 7) is 9.69. The van der Waals surface area contributed by atoms with Crippen molar-refractivity contribution >= 4 is 0 Å². The van der Waals surface area contributed by atoms with Crippen LogP contribution < -0.4 is 0 Å². The molecule has 0 heteroatoms. The van der Waals surface area contributed by atoms with Gasteiger partial charge in [0.1, 0.15) is 0 Å². The van der Waals surface area contributed by atoms with Gasteiger partial charge in [-0.25, -0.2) is 0 Å². The lowest BCUT2D eigenvalue weighted by Gasteiger charge is -1.99. The Balaban J connectivity index is 3.02. The zero-order valence-electron chi connectivity index (χ0n) is 7.73. The summed E-state index contributed by atoms with van der Waals surface area (Å²) in [6, 6.07) is 0. The first-order valence-corrected chi connectivity index (χ1v) is 4.55. The second kappa shape index (κ2) is 7.84. The zero-order chi connectivity index (χ0) is 8.53. The molecule has 0 atom stereocenters. The molecule has 0 aromatic rings. The lowest BCUT2D eigenvalue weighted by molar-refractivity contribution is 0.643. The molecule has 0 aliphatic heterocycles. The molecule has 0 fully saturated rings. The van der Waals surface area contributed by atoms with Gasteiger partial charge in [0.2, 0.25) is 0 Å². The molecule has 11 heavy (non-hydrogen) atoms. The fraction of sp³-hybridized carbons (Fsp3) is 0.636. The molecule has 0 aliphatic carbocycles. The molecule has 0 heterocycles. The van der Waals surface area contributed by atoms with Crippen LogP contribution in [0.5, 0.6) is 0 Å². The Labute approximate surface area is 71.7 Å². The van der Waals surface area contributed by atoms with Crippen molar-refractivity contribution in [1.29, 1.82) is 0 Å². The van der Waals surface area contributed by atoms with Gasteiger partial charge in [0, 0.05) is 0 Å². The van der Waals surface area contributed by atoms with E-state index in [1.165, 1.54) is 37.7 Å². The smallest absolute Gasteiger partial charge is 0.0313 e. The molecule has 0 aromatic heterocycles. The molecule has 2 radical (unpaired) electrons. The largest absolute Gasteiger partial charge is 0.0853 e. The van der Waals surface area contributed by atoms with Gasteiger partial charge in [-0.15, -0.1) is 0 Å². The number of unbranched alkanes of at least 4 members (excludes halogenated alkanes) is 4. The van der Waals surface area contributed by atoms with Gasteiger partial charge in [0.25, 0.3) is 0 Å². The lowest BCUT2D eigenvalue weighted by Crippen LogP contribution is -1.79. The summed E-state index contributed by atoms with van der Waals surface area (Å²) in [7, 11) is 0. The van der Waals surface area contributed by atoms with E-state index in [0.717, 1.165) is 6.42 Å². The van der Waals surface area contributed by atoms with Gasteiger partial charge in [-0.3, -0.25) is 0 Å². The molecule has 0 unspecified atom stereocenters. The summed E-state index contributed by atoms with van der Waals surface area (Å²) in [4.78, 5) is 0. The van der Waals surface area contributed by atoms with Gasteiger partial charge in [-0.2, -0.15) is 0 Å². The third-order valence-electron chi connectivity index (χ3n) is 1.92. The Bertz CT molecular complexity index is 101. The quantitative estimate of drug-likeness (QED) is 0.506. The highest BCUT2D eigenvalue weighted by Crippen LogP contribution is 2.09. The summed E-state index contributed by atoms with van der Waals surface area (Å²) >= 11 is 0. The standard InChI is InChI=1S/C11H20/c1-4-6-7-8-9-10-11(3)5-2/h5H,1-2,4,6-10H2,3H3. The highest BCUT2D eigenvalue weighted by molar-refractivity contribution is 4.99. The van der Waals surface area contributed by atoms with Crippen molar-refractivity contribution in [3.63, 3.8) is 0 Å². The van der Waals surface area contributed by atoms with Crippen molar-refractivity contribution in [2.75, 3.05) is 0 Å². The highest BCUT2D eigenvalue weighted by Gasteiger charge is 1.89. The number of hydrogen-bond donors (Lipinski definition) is 0. The average molecular weight is 152 g/mol. The van der Waals surface area contributed by atoms with Crippen LogP contribution >= 0.6 is 0 Å². The topological polar surface area (TPSA) is 0 Å². The molecule has 0 aliphatic rings. The predicted octanol–water partition coefficient (Wildman–Crippen LogP) is 3.94. The van der Waals surface area contributed by atoms with Crippen LogP contribution in [0, 0.1) is 13.8 Å². The van der Waals surface area contributed by atoms with Crippen molar-refractivity contribution in [3.05, 3.63) is 25.5 Å². The Kier molecular flexibility index (Phi) is 7.66. The Morgan fingerprint density at radius 2 is 1.82 bits per heavy atom. The van der Waals surface area contributed by atoms with Gasteiger partial charge < -0.3 is 0 Å². The SMILES string of the molecule is [CH2]C=C(C)CCCCCC[CH2]. The van der Waals surface area contributed by atoms with Crippen molar-refractivity contribution in [2.24, 2.45) is 0 Å². The third kappa shape index (κ3) is 7.64. The summed E-state index contributed by atoms with van der Waals surface area (Å²) in [5.74, 6) is 0. The molecule has 0 spiro atoms. The summed E-state index contributed by atoms with van der Waals surface area (Å²) < 4.78 is 0. The van der Waals surface area contributed by atoms with E-state index in [0.29, 0.717) is 0 Å². The van der Waals surface area contributed by atoms with Crippen LogP contribution in [-0.4, -0.2) is 0 Å². The van der Waals surface area contributed by atoms with Crippen LogP contribution in [0.25, 0.3) is 0 Å². The van der Waals surface area contributed by atoms with Gasteiger partial charge in [0.05, 0.1) is 0 Å². The number of rotatable bonds is 6. The number of allylic oxidation sites excluding steroid dienone is 2. The second-order valence-electron chi connectivity index (χ2n) is 3.07. The van der Waals surface area contributed by atoms with Crippen molar-refractivity contribution in [2.45, 2.75) is 45.4 Å². The molecule has 0 saturated heterocycles. The van der Waals surface area contributed by atoms with Gasteiger partial charge >= 0.3 is 0 Å². The maximum atomic E-state index is 3.81. The molecule has 64 valence electrons. The van der Waals surface area contributed by atoms with E-state index in [2.05, 4.69) is 20.8 Å². The molecule has 0 aromatic carbocycles. The predicted molar refractivity (Wildman–Crippen MR) is 52.2 cm³/mol. The normalized spacial score (nSPS) is 12.1. The zero-order valence-corrected chi connectivity index (χ0v) is 7.73. The fourth-order valence-corrected chi connectivity index (χ4v) is 1.04. The monoisotopic (exact) mass is 152 g/mol. The second-order valence-corrected chi connectivity index (χ2v) is 3.07. The van der Waals surface area contributed by atoms with Crippen LogP contribution in [-0.2, 0) is 0 Å². The first-order chi connectivity index (χ1) is 5.31. The maximum Gasteiger partial charge on any atom is -0.0313 e. The molecule has 0 amide bonds. The van der Waals surface area contributed by atoms with Gasteiger partial charge in [-0.05, 0) is 26.7 Å². The van der Waals surface area contributed by atoms with E-state index in [9.17, 15) is 0 Å². The molecular formula is C11H20. The van der Waals surface area contributed by atoms with Crippen LogP contribution in [0.2, 0.25) is 0 Å². The maximum absolute atomic E-state index is 3.81. The van der Waals surface area contributed by atoms with Gasteiger partial charge in [0.15, 0.2) is 0 Å². The molecule has 0 saturated carbocycles. The Hall–Kier alpha value is -0.260. The molecule has 0 N–H and O–H groups in total. The van der Waals surface area contributed by atoms with Crippen molar-refractivity contribution < 1.29 is 0 Å². The third-order valence-corrected chi connectivity index (χ3v) is 1.92. The molecular weight excluding hydrogens is 132 g/mol. The first kappa shape index (κ1) is 10.7. The van der Waals surface area contributed by atoms with Gasteiger partial charge in [-0.1, -0.05) is 44.3 Å². The van der Waals surface area contributed by atoms with E-state index in [4.69, 9.17) is 0 Å². The Morgan fingerprint density at radius 1 is 1.18 bits per heavy atom. The van der Waals surface area contributed by atoms with E-state index in [1.54, 1.807) is 0 Å². The minimum absolute atomic E-state index is 1.09. The average Bonchev–Trinajstić information content (AvgIpc) is 2.04. The summed E-state index contributed by atoms with van der Waals surface area (Å²) in [5.41, 5.74) is 1.42. The van der Waals surface area contributed by atoms with E-state index in [-0.39, 0.29) is 0 Å². The minimum atomic E-state index is 1.09. The van der Waals surface area contributed by atoms with E-state index >= 15 is 0 Å². The highest BCUT2D eigenvalue weighted by atomic mass is 14.0. The first-order valence-electron chi connectivity index (χ1n) is 4.55. The summed E-state index contributed by atoms with van der Waals surface area (Å²) in [6.07, 6.45) is 9.56. The van der Waals surface area contributed by atoms with Crippen LogP contribution in [0.4, 0.5) is 0 Å². The van der Waals surface area contributed by atoms with Crippen LogP contribution in [0.3, 0.4) is 0 Å². The minimum Gasteiger partial charge on any atom is -0.0853 e. The molecule has 0 nitrogen and oxygen atoms in total. The van der Waals surface area contributed by atoms with E-state index in [1.807, 2.05) is 6.08 Å². The fourth-order valence-electron chi connectivity index (χ4n) is 1.04. The van der Waals surface area contributed by atoms with Crippen LogP contribution in [0.15, 0.2) is 11.6 Å². The summed E-state index contributed by atoms with van der Waals surface area (Å²) in [5, 5.41) is 0. The molecule has 0 rings (SSSR count). The lowest BCUT2D eigenvalue weighted by atomic mass is 10.1. The molecule has 0 bridgehead atoms. The van der Waals surface area contributed by atoms with Crippen molar-refractivity contribution in [3.8, 4) is 0 Å². The van der Waals surface area contributed by atoms with Crippen molar-refractivity contribution in [1.82, 2.24) is 0 Å². The number of hydrogen-bond acceptors (Lipinski definition) is 0.